The Balaban J connectivity index is 2.26. The SMILES string of the molecule is CCCCCCC1(CCCCCC)CCCP1C(C)(C)P1CCCC1(CCCCCC)CCCCCC. The summed E-state index contributed by atoms with van der Waals surface area (Å²) in [5, 5.41) is 1.48. The summed E-state index contributed by atoms with van der Waals surface area (Å²) in [6, 6.07) is 0. The summed E-state index contributed by atoms with van der Waals surface area (Å²) in [5.74, 6) is 0. The molecular weight excluding hydrogens is 482 g/mol. The summed E-state index contributed by atoms with van der Waals surface area (Å²) in [6.07, 6.45) is 39.2. The first kappa shape index (κ1) is 34.1. The minimum absolute atomic E-state index is 0.138. The van der Waals surface area contributed by atoms with Crippen LogP contribution in [0.1, 0.15) is 196 Å². The van der Waals surface area contributed by atoms with E-state index in [1.165, 1.54) is 103 Å². The summed E-state index contributed by atoms with van der Waals surface area (Å²) in [5.41, 5.74) is 0. The fraction of sp³-hybridized carbons (Fsp3) is 1.00. The summed E-state index contributed by atoms with van der Waals surface area (Å²) in [4.78, 5) is 0.642. The van der Waals surface area contributed by atoms with Gasteiger partial charge in [-0.15, -0.1) is 0 Å². The van der Waals surface area contributed by atoms with Gasteiger partial charge >= 0.3 is 0 Å². The fourth-order valence-corrected chi connectivity index (χ4v) is 19.5. The molecule has 0 N–H and O–H groups in total. The van der Waals surface area contributed by atoms with Gasteiger partial charge in [-0.2, -0.15) is 0 Å². The molecule has 2 rings (SSSR count). The lowest BCUT2D eigenvalue weighted by Gasteiger charge is -2.53. The summed E-state index contributed by atoms with van der Waals surface area (Å²) >= 11 is 0. The van der Waals surface area contributed by atoms with E-state index < -0.39 is 0 Å². The molecule has 37 heavy (non-hydrogen) atoms. The van der Waals surface area contributed by atoms with Gasteiger partial charge in [0.15, 0.2) is 0 Å². The van der Waals surface area contributed by atoms with Gasteiger partial charge in [-0.3, -0.25) is 0 Å². The third-order valence-corrected chi connectivity index (χ3v) is 19.7. The smallest absolute Gasteiger partial charge is 0.00596 e. The second kappa shape index (κ2) is 18.3. The molecule has 0 amide bonds. The van der Waals surface area contributed by atoms with Gasteiger partial charge in [0.25, 0.3) is 0 Å². The molecule has 0 aromatic carbocycles. The van der Waals surface area contributed by atoms with Crippen LogP contribution < -0.4 is 0 Å². The van der Waals surface area contributed by atoms with Gasteiger partial charge in [0.2, 0.25) is 0 Å². The Kier molecular flexibility index (Phi) is 16.9. The third kappa shape index (κ3) is 10.0. The minimum atomic E-state index is 0.138. The van der Waals surface area contributed by atoms with Crippen LogP contribution in [0, 0.1) is 0 Å². The number of rotatable bonds is 22. The Morgan fingerprint density at radius 1 is 0.459 bits per heavy atom. The number of unbranched alkanes of at least 4 members (excludes halogenated alkanes) is 12. The molecule has 2 atom stereocenters. The summed E-state index contributed by atoms with van der Waals surface area (Å²) in [7, 11) is 0.276. The van der Waals surface area contributed by atoms with E-state index in [4.69, 9.17) is 0 Å². The second-order valence-corrected chi connectivity index (χ2v) is 20.8. The standard InChI is InChI=1S/C35H70P2/c1-7-11-15-19-25-34(26-20-16-12-8-2)29-23-31-36(34)33(5,6)37-32-24-30-35(37,27-21-17-13-9-3)28-22-18-14-10-4/h7-32H2,1-6H3. The molecule has 2 fully saturated rings. The van der Waals surface area contributed by atoms with Gasteiger partial charge < -0.3 is 0 Å². The van der Waals surface area contributed by atoms with E-state index in [1.54, 1.807) is 63.7 Å². The van der Waals surface area contributed by atoms with Crippen molar-refractivity contribution >= 4 is 15.8 Å². The average molecular weight is 553 g/mol. The maximum absolute atomic E-state index is 2.86. The molecule has 0 nitrogen and oxygen atoms in total. The zero-order valence-corrected chi connectivity index (χ0v) is 28.6. The second-order valence-electron chi connectivity index (χ2n) is 13.7. The van der Waals surface area contributed by atoms with Crippen LogP contribution in [-0.4, -0.2) is 27.5 Å². The van der Waals surface area contributed by atoms with Crippen molar-refractivity contribution in [3.05, 3.63) is 0 Å². The van der Waals surface area contributed by atoms with Crippen LogP contribution >= 0.6 is 15.8 Å². The maximum atomic E-state index is 2.86. The highest BCUT2D eigenvalue weighted by Gasteiger charge is 2.56. The molecule has 0 spiro atoms. The van der Waals surface area contributed by atoms with Crippen molar-refractivity contribution in [3.8, 4) is 0 Å². The summed E-state index contributed by atoms with van der Waals surface area (Å²) in [6.45, 7) is 15.3. The topological polar surface area (TPSA) is 0 Å². The van der Waals surface area contributed by atoms with Crippen molar-refractivity contribution in [2.24, 2.45) is 0 Å². The highest BCUT2D eigenvalue weighted by Crippen LogP contribution is 2.82. The predicted octanol–water partition coefficient (Wildman–Crippen LogP) is 13.6. The van der Waals surface area contributed by atoms with Crippen LogP contribution in [0.5, 0.6) is 0 Å². The van der Waals surface area contributed by atoms with E-state index in [0.29, 0.717) is 4.90 Å². The molecule has 2 unspecified atom stereocenters. The first-order valence-electron chi connectivity index (χ1n) is 17.5. The van der Waals surface area contributed by atoms with Crippen molar-refractivity contribution in [1.29, 1.82) is 0 Å². The van der Waals surface area contributed by atoms with Crippen molar-refractivity contribution in [2.45, 2.75) is 211 Å². The molecule has 0 aromatic rings. The molecule has 0 saturated carbocycles. The van der Waals surface area contributed by atoms with Crippen LogP contribution in [0.2, 0.25) is 0 Å². The Morgan fingerprint density at radius 2 is 0.757 bits per heavy atom. The predicted molar refractivity (Wildman–Crippen MR) is 177 cm³/mol. The molecule has 2 aliphatic heterocycles. The van der Waals surface area contributed by atoms with Gasteiger partial charge in [-0.25, -0.2) is 0 Å². The first-order valence-corrected chi connectivity index (χ1v) is 20.5. The molecule has 0 bridgehead atoms. The molecule has 2 heterocycles. The molecule has 2 aliphatic rings. The quantitative estimate of drug-likeness (QED) is 0.0925. The average Bonchev–Trinajstić information content (AvgIpc) is 3.51. The maximum Gasteiger partial charge on any atom is 0.00596 e. The Hall–Kier alpha value is 0.860. The first-order chi connectivity index (χ1) is 17.9. The molecule has 0 aromatic heterocycles. The highest BCUT2D eigenvalue weighted by molar-refractivity contribution is 7.79. The Bertz CT molecular complexity index is 496. The number of hydrogen-bond donors (Lipinski definition) is 0. The van der Waals surface area contributed by atoms with Crippen LogP contribution in [-0.2, 0) is 0 Å². The van der Waals surface area contributed by atoms with Crippen LogP contribution in [0.15, 0.2) is 0 Å². The lowest BCUT2D eigenvalue weighted by Crippen LogP contribution is -2.37. The lowest BCUT2D eigenvalue weighted by molar-refractivity contribution is 0.422. The molecule has 2 saturated heterocycles. The molecular formula is C35H70P2. The summed E-state index contributed by atoms with van der Waals surface area (Å²) < 4.78 is 0. The molecule has 2 heteroatoms. The normalized spacial score (nSPS) is 23.2. The molecule has 220 valence electrons. The van der Waals surface area contributed by atoms with Crippen molar-refractivity contribution in [3.63, 3.8) is 0 Å². The van der Waals surface area contributed by atoms with Crippen LogP contribution in [0.25, 0.3) is 0 Å². The van der Waals surface area contributed by atoms with Gasteiger partial charge in [-0.1, -0.05) is 160 Å². The van der Waals surface area contributed by atoms with E-state index in [9.17, 15) is 0 Å². The molecule has 0 aliphatic carbocycles. The zero-order chi connectivity index (χ0) is 27.0. The largest absolute Gasteiger partial charge is 0.0900 e. The highest BCUT2D eigenvalue weighted by atomic mass is 31.2. The van der Waals surface area contributed by atoms with Gasteiger partial charge in [-0.05, 0) is 74.0 Å². The Labute approximate surface area is 238 Å². The van der Waals surface area contributed by atoms with E-state index in [1.807, 2.05) is 0 Å². The van der Waals surface area contributed by atoms with Crippen LogP contribution in [0.3, 0.4) is 0 Å². The lowest BCUT2D eigenvalue weighted by atomic mass is 9.90. The van der Waals surface area contributed by atoms with E-state index in [-0.39, 0.29) is 15.8 Å². The molecule has 0 radical (unpaired) electrons. The van der Waals surface area contributed by atoms with Crippen molar-refractivity contribution in [1.82, 2.24) is 0 Å². The van der Waals surface area contributed by atoms with E-state index in [2.05, 4.69) is 41.5 Å². The van der Waals surface area contributed by atoms with Crippen LogP contribution in [0.4, 0.5) is 0 Å². The third-order valence-electron chi connectivity index (χ3n) is 10.5. The van der Waals surface area contributed by atoms with E-state index in [0.717, 1.165) is 10.3 Å². The zero-order valence-electron chi connectivity index (χ0n) is 26.8. The fourth-order valence-electron chi connectivity index (χ4n) is 8.54. The van der Waals surface area contributed by atoms with E-state index >= 15 is 0 Å². The van der Waals surface area contributed by atoms with Crippen molar-refractivity contribution in [2.75, 3.05) is 12.3 Å². The van der Waals surface area contributed by atoms with Crippen molar-refractivity contribution < 1.29 is 0 Å². The number of hydrogen-bond acceptors (Lipinski definition) is 0. The van der Waals surface area contributed by atoms with Gasteiger partial charge in [0, 0.05) is 4.90 Å². The Morgan fingerprint density at radius 3 is 1.03 bits per heavy atom. The van der Waals surface area contributed by atoms with Gasteiger partial charge in [0.05, 0.1) is 0 Å². The minimum Gasteiger partial charge on any atom is -0.0900 e. The van der Waals surface area contributed by atoms with Gasteiger partial charge in [0.1, 0.15) is 0 Å². The monoisotopic (exact) mass is 552 g/mol.